The molecule has 118 valence electrons. The molecule has 2 aromatic carbocycles. The van der Waals surface area contributed by atoms with Crippen LogP contribution in [0.25, 0.3) is 5.69 Å². The van der Waals surface area contributed by atoms with E-state index in [4.69, 9.17) is 4.18 Å². The van der Waals surface area contributed by atoms with Crippen molar-refractivity contribution in [3.8, 4) is 11.4 Å². The maximum atomic E-state index is 13.8. The molecule has 0 unspecified atom stereocenters. The van der Waals surface area contributed by atoms with Crippen LogP contribution in [-0.4, -0.2) is 18.2 Å². The van der Waals surface area contributed by atoms with E-state index in [0.717, 1.165) is 11.8 Å². The maximum Gasteiger partial charge on any atom is 0.342 e. The van der Waals surface area contributed by atoms with E-state index >= 15 is 0 Å². The third-order valence-electron chi connectivity index (χ3n) is 3.17. The molecule has 5 nitrogen and oxygen atoms in total. The number of aryl methyl sites for hydroxylation is 1. The zero-order valence-corrected chi connectivity index (χ0v) is 13.0. The van der Waals surface area contributed by atoms with Crippen molar-refractivity contribution in [3.63, 3.8) is 0 Å². The number of rotatable bonds is 4. The zero-order valence-electron chi connectivity index (χ0n) is 12.2. The number of nitrogens with zero attached hydrogens (tertiary/aromatic N) is 2. The topological polar surface area (TPSA) is 61.2 Å². The first-order valence-corrected chi connectivity index (χ1v) is 8.17. The average molecular weight is 332 g/mol. The summed E-state index contributed by atoms with van der Waals surface area (Å²) >= 11 is 0. The molecule has 0 aliphatic rings. The van der Waals surface area contributed by atoms with E-state index < -0.39 is 20.8 Å². The molecule has 0 radical (unpaired) electrons. The normalized spacial score (nSPS) is 11.4. The molecule has 0 amide bonds. The minimum Gasteiger partial charge on any atom is -0.379 e. The van der Waals surface area contributed by atoms with Gasteiger partial charge in [0, 0.05) is 12.4 Å². The fourth-order valence-corrected chi connectivity index (χ4v) is 3.04. The molecule has 0 bridgehead atoms. The van der Waals surface area contributed by atoms with Crippen LogP contribution in [0.5, 0.6) is 5.75 Å². The van der Waals surface area contributed by atoms with Gasteiger partial charge in [-0.2, -0.15) is 13.5 Å². The molecule has 0 atom stereocenters. The Morgan fingerprint density at radius 1 is 1.13 bits per heavy atom. The average Bonchev–Trinajstić information content (AvgIpc) is 3.01. The standard InChI is InChI=1S/C16H13FN2O3S/c1-12-3-8-16(15(17)11-12)23(20,21)22-14-6-4-13(5-7-14)19-10-2-9-18-19/h2-11H,1H3. The lowest BCUT2D eigenvalue weighted by molar-refractivity contribution is 0.476. The fourth-order valence-electron chi connectivity index (χ4n) is 2.06. The summed E-state index contributed by atoms with van der Waals surface area (Å²) in [5.74, 6) is -0.737. The lowest BCUT2D eigenvalue weighted by Gasteiger charge is -2.09. The van der Waals surface area contributed by atoms with E-state index in [9.17, 15) is 12.8 Å². The summed E-state index contributed by atoms with van der Waals surface area (Å²) in [5.41, 5.74) is 1.38. The maximum absolute atomic E-state index is 13.8. The van der Waals surface area contributed by atoms with Gasteiger partial charge in [0.2, 0.25) is 0 Å². The summed E-state index contributed by atoms with van der Waals surface area (Å²) < 4.78 is 44.8. The lowest BCUT2D eigenvalue weighted by Crippen LogP contribution is -2.11. The van der Waals surface area contributed by atoms with Crippen molar-refractivity contribution >= 4 is 10.1 Å². The van der Waals surface area contributed by atoms with Gasteiger partial charge in [-0.3, -0.25) is 0 Å². The van der Waals surface area contributed by atoms with Crippen molar-refractivity contribution < 1.29 is 17.0 Å². The minimum absolute atomic E-state index is 0.0980. The molecule has 0 aliphatic carbocycles. The Morgan fingerprint density at radius 2 is 1.87 bits per heavy atom. The number of hydrogen-bond donors (Lipinski definition) is 0. The van der Waals surface area contributed by atoms with Crippen molar-refractivity contribution in [1.82, 2.24) is 9.78 Å². The Kier molecular flexibility index (Phi) is 3.87. The summed E-state index contributed by atoms with van der Waals surface area (Å²) in [6, 6.07) is 11.9. The van der Waals surface area contributed by atoms with Gasteiger partial charge in [0.25, 0.3) is 0 Å². The zero-order chi connectivity index (χ0) is 16.4. The van der Waals surface area contributed by atoms with Crippen molar-refractivity contribution in [2.75, 3.05) is 0 Å². The molecule has 0 spiro atoms. The van der Waals surface area contributed by atoms with Crippen LogP contribution in [-0.2, 0) is 10.1 Å². The van der Waals surface area contributed by atoms with Crippen LogP contribution in [0.1, 0.15) is 5.56 Å². The monoisotopic (exact) mass is 332 g/mol. The smallest absolute Gasteiger partial charge is 0.342 e. The number of halogens is 1. The molecule has 1 aromatic heterocycles. The first-order valence-electron chi connectivity index (χ1n) is 6.76. The van der Waals surface area contributed by atoms with Crippen LogP contribution in [0.2, 0.25) is 0 Å². The van der Waals surface area contributed by atoms with Gasteiger partial charge >= 0.3 is 10.1 Å². The molecular formula is C16H13FN2O3S. The van der Waals surface area contributed by atoms with Gasteiger partial charge in [0.15, 0.2) is 0 Å². The van der Waals surface area contributed by atoms with Crippen LogP contribution >= 0.6 is 0 Å². The lowest BCUT2D eigenvalue weighted by atomic mass is 10.2. The Morgan fingerprint density at radius 3 is 2.48 bits per heavy atom. The Balaban J connectivity index is 1.86. The van der Waals surface area contributed by atoms with Gasteiger partial charge < -0.3 is 4.18 Å². The molecule has 0 aliphatic heterocycles. The fraction of sp³-hybridized carbons (Fsp3) is 0.0625. The predicted molar refractivity (Wildman–Crippen MR) is 82.5 cm³/mol. The second-order valence-corrected chi connectivity index (χ2v) is 6.43. The molecule has 3 aromatic rings. The first kappa shape index (κ1) is 15.2. The number of hydrogen-bond acceptors (Lipinski definition) is 4. The van der Waals surface area contributed by atoms with Crippen molar-refractivity contribution in [1.29, 1.82) is 0 Å². The highest BCUT2D eigenvalue weighted by Crippen LogP contribution is 2.22. The second kappa shape index (κ2) is 5.85. The van der Waals surface area contributed by atoms with Crippen molar-refractivity contribution in [3.05, 3.63) is 72.3 Å². The summed E-state index contributed by atoms with van der Waals surface area (Å²) in [6.07, 6.45) is 3.39. The third-order valence-corrected chi connectivity index (χ3v) is 4.45. The van der Waals surface area contributed by atoms with E-state index in [2.05, 4.69) is 5.10 Å². The van der Waals surface area contributed by atoms with Crippen molar-refractivity contribution in [2.45, 2.75) is 11.8 Å². The Labute approximate surface area is 133 Å². The molecule has 1 heterocycles. The SMILES string of the molecule is Cc1ccc(S(=O)(=O)Oc2ccc(-n3cccn3)cc2)c(F)c1. The quantitative estimate of drug-likeness (QED) is 0.689. The summed E-state index contributed by atoms with van der Waals surface area (Å²) in [5, 5.41) is 4.07. The van der Waals surface area contributed by atoms with Crippen LogP contribution < -0.4 is 4.18 Å². The molecule has 7 heteroatoms. The predicted octanol–water partition coefficient (Wildman–Crippen LogP) is 3.09. The summed E-state index contributed by atoms with van der Waals surface area (Å²) in [4.78, 5) is -0.487. The summed E-state index contributed by atoms with van der Waals surface area (Å²) in [6.45, 7) is 1.67. The van der Waals surface area contributed by atoms with E-state index in [1.165, 1.54) is 24.3 Å². The van der Waals surface area contributed by atoms with Crippen LogP contribution in [0.4, 0.5) is 4.39 Å². The van der Waals surface area contributed by atoms with Gasteiger partial charge in [-0.25, -0.2) is 9.07 Å². The van der Waals surface area contributed by atoms with E-state index in [-0.39, 0.29) is 5.75 Å². The van der Waals surface area contributed by atoms with E-state index in [0.29, 0.717) is 5.56 Å². The van der Waals surface area contributed by atoms with Gasteiger partial charge in [-0.05, 0) is 55.0 Å². The summed E-state index contributed by atoms with van der Waals surface area (Å²) in [7, 11) is -4.22. The Hall–Kier alpha value is -2.67. The van der Waals surface area contributed by atoms with Gasteiger partial charge in [0.05, 0.1) is 5.69 Å². The van der Waals surface area contributed by atoms with Gasteiger partial charge in [-0.15, -0.1) is 0 Å². The molecular weight excluding hydrogens is 319 g/mol. The Bertz CT molecular complexity index is 920. The van der Waals surface area contributed by atoms with Crippen LogP contribution in [0, 0.1) is 12.7 Å². The van der Waals surface area contributed by atoms with E-state index in [1.807, 2.05) is 0 Å². The van der Waals surface area contributed by atoms with E-state index in [1.54, 1.807) is 42.2 Å². The minimum atomic E-state index is -4.22. The molecule has 3 rings (SSSR count). The largest absolute Gasteiger partial charge is 0.379 e. The van der Waals surface area contributed by atoms with Crippen molar-refractivity contribution in [2.24, 2.45) is 0 Å². The van der Waals surface area contributed by atoms with Gasteiger partial charge in [-0.1, -0.05) is 6.07 Å². The second-order valence-electron chi connectivity index (χ2n) is 4.92. The van der Waals surface area contributed by atoms with Crippen LogP contribution in [0.3, 0.4) is 0 Å². The number of aromatic nitrogens is 2. The van der Waals surface area contributed by atoms with Gasteiger partial charge in [0.1, 0.15) is 16.5 Å². The highest BCUT2D eigenvalue weighted by molar-refractivity contribution is 7.87. The first-order chi connectivity index (χ1) is 11.0. The molecule has 23 heavy (non-hydrogen) atoms. The highest BCUT2D eigenvalue weighted by atomic mass is 32.2. The molecule has 0 saturated carbocycles. The molecule has 0 saturated heterocycles. The molecule has 0 N–H and O–H groups in total. The third kappa shape index (κ3) is 3.24. The highest BCUT2D eigenvalue weighted by Gasteiger charge is 2.21. The number of benzene rings is 2. The molecule has 0 fully saturated rings. The van der Waals surface area contributed by atoms with Crippen LogP contribution in [0.15, 0.2) is 65.8 Å².